The molecular weight excluding hydrogens is 230 g/mol. The van der Waals surface area contributed by atoms with Crippen molar-refractivity contribution < 1.29 is 14.6 Å². The molecule has 1 heterocycles. The third-order valence-electron chi connectivity index (χ3n) is 4.50. The molecule has 2 aliphatic rings. The molecule has 4 heteroatoms. The van der Waals surface area contributed by atoms with Crippen LogP contribution in [-0.4, -0.2) is 34.9 Å². The van der Waals surface area contributed by atoms with Gasteiger partial charge in [-0.1, -0.05) is 13.3 Å². The van der Waals surface area contributed by atoms with Crippen LogP contribution in [0.15, 0.2) is 0 Å². The number of carbonyl (C=O) groups is 1. The Kier molecular flexibility index (Phi) is 3.97. The standard InChI is InChI=1S/C14H25NO3/c1-3-6-13(2,12(16)17)15-11-5-9-18-14(10-11)7-4-8-14/h11,15H,3-10H2,1-2H3,(H,16,17). The average molecular weight is 255 g/mol. The van der Waals surface area contributed by atoms with E-state index in [0.717, 1.165) is 38.7 Å². The lowest BCUT2D eigenvalue weighted by Gasteiger charge is -2.48. The van der Waals surface area contributed by atoms with Crippen molar-refractivity contribution in [2.24, 2.45) is 0 Å². The van der Waals surface area contributed by atoms with Gasteiger partial charge in [0.1, 0.15) is 5.54 Å². The first-order chi connectivity index (χ1) is 8.50. The molecule has 0 amide bonds. The van der Waals surface area contributed by atoms with Crippen molar-refractivity contribution in [3.05, 3.63) is 0 Å². The highest BCUT2D eigenvalue weighted by molar-refractivity contribution is 5.78. The SMILES string of the molecule is CCCC(C)(NC1CCOC2(CCC2)C1)C(=O)O. The van der Waals surface area contributed by atoms with E-state index < -0.39 is 11.5 Å². The quantitative estimate of drug-likeness (QED) is 0.791. The lowest BCUT2D eigenvalue weighted by atomic mass is 9.73. The fourth-order valence-corrected chi connectivity index (χ4v) is 3.26. The number of ether oxygens (including phenoxy) is 1. The first kappa shape index (κ1) is 13.8. The van der Waals surface area contributed by atoms with Crippen LogP contribution in [0.4, 0.5) is 0 Å². The fourth-order valence-electron chi connectivity index (χ4n) is 3.26. The van der Waals surface area contributed by atoms with Crippen LogP contribution in [0.25, 0.3) is 0 Å². The Bertz CT molecular complexity index is 314. The second-order valence-electron chi connectivity index (χ2n) is 6.11. The van der Waals surface area contributed by atoms with Gasteiger partial charge >= 0.3 is 5.97 Å². The molecule has 0 aromatic rings. The Morgan fingerprint density at radius 2 is 2.28 bits per heavy atom. The van der Waals surface area contributed by atoms with Crippen molar-refractivity contribution in [1.29, 1.82) is 0 Å². The molecule has 2 N–H and O–H groups in total. The Balaban J connectivity index is 1.96. The van der Waals surface area contributed by atoms with Gasteiger partial charge in [0.05, 0.1) is 5.60 Å². The molecule has 2 fully saturated rings. The molecule has 104 valence electrons. The summed E-state index contributed by atoms with van der Waals surface area (Å²) < 4.78 is 5.88. The molecule has 0 aromatic heterocycles. The zero-order chi connectivity index (χ0) is 13.2. The molecule has 0 radical (unpaired) electrons. The summed E-state index contributed by atoms with van der Waals surface area (Å²) in [5, 5.41) is 12.8. The van der Waals surface area contributed by atoms with Gasteiger partial charge in [-0.05, 0) is 45.4 Å². The first-order valence-electron chi connectivity index (χ1n) is 7.15. The molecule has 18 heavy (non-hydrogen) atoms. The fraction of sp³-hybridized carbons (Fsp3) is 0.929. The molecule has 1 saturated heterocycles. The first-order valence-corrected chi connectivity index (χ1v) is 7.15. The van der Waals surface area contributed by atoms with E-state index in [0.29, 0.717) is 6.42 Å². The van der Waals surface area contributed by atoms with Crippen molar-refractivity contribution in [1.82, 2.24) is 5.32 Å². The van der Waals surface area contributed by atoms with Crippen molar-refractivity contribution in [2.45, 2.75) is 76.0 Å². The summed E-state index contributed by atoms with van der Waals surface area (Å²) in [5.41, 5.74) is -0.719. The number of aliphatic carboxylic acids is 1. The van der Waals surface area contributed by atoms with Gasteiger partial charge in [0, 0.05) is 12.6 Å². The van der Waals surface area contributed by atoms with E-state index in [-0.39, 0.29) is 11.6 Å². The van der Waals surface area contributed by atoms with Gasteiger partial charge in [-0.2, -0.15) is 0 Å². The van der Waals surface area contributed by atoms with Gasteiger partial charge in [0.25, 0.3) is 0 Å². The van der Waals surface area contributed by atoms with Crippen LogP contribution < -0.4 is 5.32 Å². The smallest absolute Gasteiger partial charge is 0.323 e. The Morgan fingerprint density at radius 3 is 2.78 bits per heavy atom. The van der Waals surface area contributed by atoms with Gasteiger partial charge in [-0.3, -0.25) is 10.1 Å². The molecule has 1 spiro atoms. The maximum Gasteiger partial charge on any atom is 0.323 e. The topological polar surface area (TPSA) is 58.6 Å². The van der Waals surface area contributed by atoms with Crippen molar-refractivity contribution in [3.8, 4) is 0 Å². The number of rotatable bonds is 5. The molecule has 2 rings (SSSR count). The predicted octanol–water partition coefficient (Wildman–Crippen LogP) is 2.32. The Labute approximate surface area is 109 Å². The van der Waals surface area contributed by atoms with Crippen molar-refractivity contribution in [3.63, 3.8) is 0 Å². The minimum atomic E-state index is -0.790. The van der Waals surface area contributed by atoms with E-state index in [4.69, 9.17) is 4.74 Å². The number of carboxylic acids is 1. The molecule has 4 nitrogen and oxygen atoms in total. The second-order valence-corrected chi connectivity index (χ2v) is 6.11. The Morgan fingerprint density at radius 1 is 1.56 bits per heavy atom. The van der Waals surface area contributed by atoms with Crippen molar-refractivity contribution in [2.75, 3.05) is 6.61 Å². The molecule has 1 aliphatic carbocycles. The molecule has 1 aliphatic heterocycles. The summed E-state index contributed by atoms with van der Waals surface area (Å²) in [6, 6.07) is 0.284. The van der Waals surface area contributed by atoms with E-state index in [2.05, 4.69) is 5.32 Å². The van der Waals surface area contributed by atoms with Gasteiger partial charge in [-0.15, -0.1) is 0 Å². The number of nitrogens with one attached hydrogen (secondary N) is 1. The van der Waals surface area contributed by atoms with E-state index in [9.17, 15) is 9.90 Å². The van der Waals surface area contributed by atoms with E-state index >= 15 is 0 Å². The highest BCUT2D eigenvalue weighted by Crippen LogP contribution is 2.42. The number of hydrogen-bond acceptors (Lipinski definition) is 3. The van der Waals surface area contributed by atoms with Crippen LogP contribution >= 0.6 is 0 Å². The molecule has 2 atom stereocenters. The molecule has 0 aromatic carbocycles. The predicted molar refractivity (Wildman–Crippen MR) is 69.6 cm³/mol. The van der Waals surface area contributed by atoms with Crippen LogP contribution in [0.2, 0.25) is 0 Å². The maximum atomic E-state index is 11.4. The summed E-state index contributed by atoms with van der Waals surface area (Å²) in [4.78, 5) is 11.4. The van der Waals surface area contributed by atoms with Crippen LogP contribution in [0.1, 0.15) is 58.8 Å². The minimum Gasteiger partial charge on any atom is -0.480 e. The number of hydrogen-bond donors (Lipinski definition) is 2. The summed E-state index contributed by atoms with van der Waals surface area (Å²) in [6.07, 6.45) is 6.98. The van der Waals surface area contributed by atoms with Crippen LogP contribution in [0.5, 0.6) is 0 Å². The highest BCUT2D eigenvalue weighted by Gasteiger charge is 2.44. The average Bonchev–Trinajstić information content (AvgIpc) is 2.27. The second kappa shape index (κ2) is 5.17. The van der Waals surface area contributed by atoms with Crippen molar-refractivity contribution >= 4 is 5.97 Å². The zero-order valence-electron chi connectivity index (χ0n) is 11.5. The zero-order valence-corrected chi connectivity index (χ0v) is 11.5. The van der Waals surface area contributed by atoms with Crippen LogP contribution in [0, 0.1) is 0 Å². The third-order valence-corrected chi connectivity index (χ3v) is 4.50. The highest BCUT2D eigenvalue weighted by atomic mass is 16.5. The van der Waals surface area contributed by atoms with Crippen LogP contribution in [0.3, 0.4) is 0 Å². The third kappa shape index (κ3) is 2.69. The summed E-state index contributed by atoms with van der Waals surface area (Å²) >= 11 is 0. The minimum absolute atomic E-state index is 0.0710. The van der Waals surface area contributed by atoms with Gasteiger partial charge in [0.2, 0.25) is 0 Å². The monoisotopic (exact) mass is 255 g/mol. The van der Waals surface area contributed by atoms with E-state index in [1.807, 2.05) is 13.8 Å². The Hall–Kier alpha value is -0.610. The van der Waals surface area contributed by atoms with Crippen LogP contribution in [-0.2, 0) is 9.53 Å². The lowest BCUT2D eigenvalue weighted by molar-refractivity contribution is -0.151. The molecule has 2 unspecified atom stereocenters. The summed E-state index contributed by atoms with van der Waals surface area (Å²) in [5.74, 6) is -0.737. The maximum absolute atomic E-state index is 11.4. The molecule has 1 saturated carbocycles. The van der Waals surface area contributed by atoms with E-state index in [1.165, 1.54) is 6.42 Å². The number of carboxylic acid groups (broad SMARTS) is 1. The van der Waals surface area contributed by atoms with Gasteiger partial charge < -0.3 is 9.84 Å². The summed E-state index contributed by atoms with van der Waals surface area (Å²) in [6.45, 7) is 4.60. The van der Waals surface area contributed by atoms with E-state index in [1.54, 1.807) is 0 Å². The molecule has 0 bridgehead atoms. The summed E-state index contributed by atoms with van der Waals surface area (Å²) in [7, 11) is 0. The normalized spacial score (nSPS) is 29.6. The largest absolute Gasteiger partial charge is 0.480 e. The van der Waals surface area contributed by atoms with Gasteiger partial charge in [0.15, 0.2) is 0 Å². The lowest BCUT2D eigenvalue weighted by Crippen LogP contribution is -2.58. The van der Waals surface area contributed by atoms with Gasteiger partial charge in [-0.25, -0.2) is 0 Å². The molecular formula is C14H25NO3.